The van der Waals surface area contributed by atoms with Crippen molar-refractivity contribution in [2.45, 2.75) is 31.0 Å². The van der Waals surface area contributed by atoms with Gasteiger partial charge in [-0.25, -0.2) is 8.42 Å². The van der Waals surface area contributed by atoms with Crippen LogP contribution in [0.25, 0.3) is 0 Å². The maximum atomic E-state index is 13.0. The van der Waals surface area contributed by atoms with E-state index in [4.69, 9.17) is 9.47 Å². The number of anilines is 1. The Bertz CT molecular complexity index is 965. The monoisotopic (exact) mass is 418 g/mol. The van der Waals surface area contributed by atoms with Crippen LogP contribution >= 0.6 is 0 Å². The highest BCUT2D eigenvalue weighted by atomic mass is 32.2. The summed E-state index contributed by atoms with van der Waals surface area (Å²) in [6.45, 7) is 4.89. The molecule has 0 spiro atoms. The third kappa shape index (κ3) is 4.38. The number of amides is 1. The van der Waals surface area contributed by atoms with Crippen molar-refractivity contribution >= 4 is 21.6 Å². The fourth-order valence-electron chi connectivity index (χ4n) is 3.47. The lowest BCUT2D eigenvalue weighted by Crippen LogP contribution is -2.48. The van der Waals surface area contributed by atoms with E-state index in [9.17, 15) is 13.2 Å². The van der Waals surface area contributed by atoms with Crippen LogP contribution in [0, 0.1) is 0 Å². The van der Waals surface area contributed by atoms with Gasteiger partial charge in [-0.15, -0.1) is 0 Å². The van der Waals surface area contributed by atoms with E-state index < -0.39 is 10.0 Å². The lowest BCUT2D eigenvalue weighted by molar-refractivity contribution is -0.0586. The minimum absolute atomic E-state index is 0.0307. The fourth-order valence-corrected chi connectivity index (χ4v) is 4.68. The number of morpholine rings is 1. The molecule has 0 N–H and O–H groups in total. The molecule has 0 aromatic heterocycles. The molecule has 1 heterocycles. The van der Waals surface area contributed by atoms with Crippen molar-refractivity contribution in [3.63, 3.8) is 0 Å². The van der Waals surface area contributed by atoms with Crippen LogP contribution in [0.5, 0.6) is 5.75 Å². The van der Waals surface area contributed by atoms with Crippen LogP contribution in [-0.2, 0) is 14.8 Å². The second-order valence-electron chi connectivity index (χ2n) is 7.14. The molecular weight excluding hydrogens is 392 g/mol. The van der Waals surface area contributed by atoms with Crippen LogP contribution in [0.15, 0.2) is 53.4 Å². The molecule has 1 aliphatic heterocycles. The molecule has 1 aliphatic rings. The van der Waals surface area contributed by atoms with E-state index in [1.807, 2.05) is 13.8 Å². The molecule has 7 nitrogen and oxygen atoms in total. The van der Waals surface area contributed by atoms with Crippen molar-refractivity contribution in [1.29, 1.82) is 0 Å². The highest BCUT2D eigenvalue weighted by Gasteiger charge is 2.28. The first-order valence-corrected chi connectivity index (χ1v) is 10.8. The van der Waals surface area contributed by atoms with Crippen molar-refractivity contribution in [2.75, 3.05) is 31.6 Å². The molecule has 0 saturated carbocycles. The second-order valence-corrected chi connectivity index (χ2v) is 9.11. The first-order chi connectivity index (χ1) is 13.7. The van der Waals surface area contributed by atoms with Crippen LogP contribution in [-0.4, -0.2) is 58.7 Å². The summed E-state index contributed by atoms with van der Waals surface area (Å²) in [6.07, 6.45) is -0.0614. The zero-order valence-electron chi connectivity index (χ0n) is 17.0. The molecule has 2 atom stereocenters. The van der Waals surface area contributed by atoms with E-state index >= 15 is 0 Å². The van der Waals surface area contributed by atoms with Gasteiger partial charge in [0.05, 0.1) is 29.9 Å². The molecule has 0 radical (unpaired) electrons. The zero-order valence-corrected chi connectivity index (χ0v) is 17.8. The smallest absolute Gasteiger partial charge is 0.264 e. The van der Waals surface area contributed by atoms with Gasteiger partial charge in [0.1, 0.15) is 5.75 Å². The maximum absolute atomic E-state index is 13.0. The Hall–Kier alpha value is -2.58. The standard InChI is InChI=1S/C21H26N2O5S/c1-15-13-23(14-16(2)28-15)21(24)17-9-11-18(12-10-17)29(25,26)22(3)19-7-5-6-8-20(19)27-4/h5-12,15-16H,13-14H2,1-4H3/t15-,16+. The van der Waals surface area contributed by atoms with Gasteiger partial charge in [0.25, 0.3) is 15.9 Å². The number of rotatable bonds is 5. The number of sulfonamides is 1. The molecular formula is C21H26N2O5S. The van der Waals surface area contributed by atoms with Crippen molar-refractivity contribution in [1.82, 2.24) is 4.90 Å². The first kappa shape index (κ1) is 21.1. The normalized spacial score (nSPS) is 19.7. The van der Waals surface area contributed by atoms with Gasteiger partial charge in [-0.1, -0.05) is 12.1 Å². The first-order valence-electron chi connectivity index (χ1n) is 9.40. The van der Waals surface area contributed by atoms with Crippen LogP contribution in [0.3, 0.4) is 0 Å². The summed E-state index contributed by atoms with van der Waals surface area (Å²) in [6, 6.07) is 12.9. The molecule has 1 saturated heterocycles. The number of nitrogens with zero attached hydrogens (tertiary/aromatic N) is 2. The van der Waals surface area contributed by atoms with Gasteiger partial charge < -0.3 is 14.4 Å². The summed E-state index contributed by atoms with van der Waals surface area (Å²) in [5.74, 6) is 0.329. The average Bonchev–Trinajstić information content (AvgIpc) is 2.72. The number of carbonyl (C=O) groups is 1. The van der Waals surface area contributed by atoms with Gasteiger partial charge in [0.15, 0.2) is 0 Å². The van der Waals surface area contributed by atoms with Gasteiger partial charge >= 0.3 is 0 Å². The number of carbonyl (C=O) groups excluding carboxylic acids is 1. The minimum Gasteiger partial charge on any atom is -0.495 e. The molecule has 8 heteroatoms. The van der Waals surface area contributed by atoms with Crippen molar-refractivity contribution in [3.8, 4) is 5.75 Å². The molecule has 2 aromatic carbocycles. The third-order valence-electron chi connectivity index (χ3n) is 4.89. The van der Waals surface area contributed by atoms with E-state index in [2.05, 4.69) is 0 Å². The Labute approximate surface area is 171 Å². The second kappa shape index (κ2) is 8.42. The molecule has 1 amide bonds. The number of methoxy groups -OCH3 is 1. The van der Waals surface area contributed by atoms with E-state index in [0.29, 0.717) is 30.1 Å². The number of para-hydroxylation sites is 2. The summed E-state index contributed by atoms with van der Waals surface area (Å²) >= 11 is 0. The summed E-state index contributed by atoms with van der Waals surface area (Å²) in [5, 5.41) is 0. The lowest BCUT2D eigenvalue weighted by atomic mass is 10.1. The largest absolute Gasteiger partial charge is 0.495 e. The summed E-state index contributed by atoms with van der Waals surface area (Å²) in [7, 11) is -0.833. The predicted octanol–water partition coefficient (Wildman–Crippen LogP) is 2.77. The number of ether oxygens (including phenoxy) is 2. The molecule has 156 valence electrons. The minimum atomic E-state index is -3.80. The van der Waals surface area contributed by atoms with Crippen molar-refractivity contribution in [3.05, 3.63) is 54.1 Å². The predicted molar refractivity (Wildman–Crippen MR) is 111 cm³/mol. The van der Waals surface area contributed by atoms with E-state index in [0.717, 1.165) is 0 Å². The van der Waals surface area contributed by atoms with Gasteiger partial charge in [-0.3, -0.25) is 9.10 Å². The van der Waals surface area contributed by atoms with Crippen LogP contribution in [0.1, 0.15) is 24.2 Å². The molecule has 29 heavy (non-hydrogen) atoms. The van der Waals surface area contributed by atoms with Crippen LogP contribution < -0.4 is 9.04 Å². The summed E-state index contributed by atoms with van der Waals surface area (Å²) in [4.78, 5) is 14.6. The van der Waals surface area contributed by atoms with Gasteiger partial charge in [0, 0.05) is 25.7 Å². The Balaban J connectivity index is 1.82. The van der Waals surface area contributed by atoms with Crippen LogP contribution in [0.4, 0.5) is 5.69 Å². The van der Waals surface area contributed by atoms with Gasteiger partial charge in [-0.05, 0) is 50.2 Å². The van der Waals surface area contributed by atoms with Crippen molar-refractivity contribution < 1.29 is 22.7 Å². The third-order valence-corrected chi connectivity index (χ3v) is 6.68. The van der Waals surface area contributed by atoms with Crippen LogP contribution in [0.2, 0.25) is 0 Å². The Morgan fingerprint density at radius 3 is 2.24 bits per heavy atom. The topological polar surface area (TPSA) is 76.2 Å². The zero-order chi connectivity index (χ0) is 21.2. The number of hydrogen-bond acceptors (Lipinski definition) is 5. The van der Waals surface area contributed by atoms with Gasteiger partial charge in [0.2, 0.25) is 0 Å². The SMILES string of the molecule is COc1ccccc1N(C)S(=O)(=O)c1ccc(C(=O)N2C[C@@H](C)O[C@@H](C)C2)cc1. The molecule has 2 aromatic rings. The molecule has 0 bridgehead atoms. The quantitative estimate of drug-likeness (QED) is 0.746. The molecule has 1 fully saturated rings. The Morgan fingerprint density at radius 2 is 1.66 bits per heavy atom. The summed E-state index contributed by atoms with van der Waals surface area (Å²) in [5.41, 5.74) is 0.886. The number of benzene rings is 2. The van der Waals surface area contributed by atoms with E-state index in [1.165, 1.54) is 30.6 Å². The molecule has 3 rings (SSSR count). The molecule has 0 aliphatic carbocycles. The summed E-state index contributed by atoms with van der Waals surface area (Å²) < 4.78 is 38.2. The Morgan fingerprint density at radius 1 is 1.07 bits per heavy atom. The fraction of sp³-hybridized carbons (Fsp3) is 0.381. The molecule has 0 unspecified atom stereocenters. The maximum Gasteiger partial charge on any atom is 0.264 e. The van der Waals surface area contributed by atoms with Crippen molar-refractivity contribution in [2.24, 2.45) is 0 Å². The highest BCUT2D eigenvalue weighted by molar-refractivity contribution is 7.92. The average molecular weight is 419 g/mol. The van der Waals surface area contributed by atoms with Gasteiger partial charge in [-0.2, -0.15) is 0 Å². The van der Waals surface area contributed by atoms with E-state index in [-0.39, 0.29) is 23.0 Å². The highest BCUT2D eigenvalue weighted by Crippen LogP contribution is 2.31. The lowest BCUT2D eigenvalue weighted by Gasteiger charge is -2.35. The Kier molecular flexibility index (Phi) is 6.14. The van der Waals surface area contributed by atoms with E-state index in [1.54, 1.807) is 41.3 Å². The number of hydrogen-bond donors (Lipinski definition) is 0.